The maximum atomic E-state index is 12.0. The highest BCUT2D eigenvalue weighted by atomic mass is 35.5. The molecule has 0 saturated heterocycles. The summed E-state index contributed by atoms with van der Waals surface area (Å²) in [4.78, 5) is 19.9. The monoisotopic (exact) mass is 355 g/mol. The number of para-hydroxylation sites is 1. The van der Waals surface area contributed by atoms with Crippen LogP contribution in [-0.2, 0) is 6.42 Å². The largest absolute Gasteiger partial charge is 0.356 e. The number of nitrogens with zero attached hydrogens (tertiary/aromatic N) is 3. The number of anilines is 1. The van der Waals surface area contributed by atoms with Crippen molar-refractivity contribution in [1.82, 2.24) is 14.5 Å². The van der Waals surface area contributed by atoms with Crippen LogP contribution in [0.15, 0.2) is 64.5 Å². The quantitative estimate of drug-likeness (QED) is 0.653. The lowest BCUT2D eigenvalue weighted by atomic mass is 10.3. The summed E-state index contributed by atoms with van der Waals surface area (Å²) in [6.45, 7) is 1.88. The Morgan fingerprint density at radius 1 is 1.20 bits per heavy atom. The summed E-state index contributed by atoms with van der Waals surface area (Å²) in [7, 11) is 0. The lowest BCUT2D eigenvalue weighted by Gasteiger charge is -2.12. The average molecular weight is 356 g/mol. The fourth-order valence-corrected chi connectivity index (χ4v) is 2.86. The zero-order chi connectivity index (χ0) is 17.8. The van der Waals surface area contributed by atoms with Gasteiger partial charge in [0.1, 0.15) is 5.82 Å². The highest BCUT2D eigenvalue weighted by Crippen LogP contribution is 2.27. The van der Waals surface area contributed by atoms with E-state index in [0.717, 1.165) is 0 Å². The van der Waals surface area contributed by atoms with Crippen molar-refractivity contribution in [3.05, 3.63) is 81.0 Å². The predicted octanol–water partition coefficient (Wildman–Crippen LogP) is 2.94. The Bertz CT molecular complexity index is 923. The van der Waals surface area contributed by atoms with Gasteiger partial charge in [0.15, 0.2) is 0 Å². The van der Waals surface area contributed by atoms with Crippen LogP contribution in [0.1, 0.15) is 19.2 Å². The number of rotatable bonds is 3. The minimum atomic E-state index is -0.470. The van der Waals surface area contributed by atoms with Crippen molar-refractivity contribution in [2.75, 3.05) is 5.43 Å². The topological polar surface area (TPSA) is 85.8 Å². The van der Waals surface area contributed by atoms with Gasteiger partial charge in [-0.25, -0.2) is 15.2 Å². The van der Waals surface area contributed by atoms with Gasteiger partial charge in [-0.2, -0.15) is 9.97 Å². The number of nitrogens with one attached hydrogen (secondary N) is 1. The number of fused-ring (bicyclic) bond motifs is 2. The van der Waals surface area contributed by atoms with E-state index in [1.165, 1.54) is 22.1 Å². The maximum absolute atomic E-state index is 12.0. The van der Waals surface area contributed by atoms with E-state index in [1.807, 2.05) is 6.92 Å². The van der Waals surface area contributed by atoms with Crippen molar-refractivity contribution in [2.45, 2.75) is 19.8 Å². The first-order valence-electron chi connectivity index (χ1n) is 7.91. The van der Waals surface area contributed by atoms with Gasteiger partial charge in [0, 0.05) is 6.42 Å². The molecule has 0 atom stereocenters. The minimum absolute atomic E-state index is 0.0974. The lowest BCUT2D eigenvalue weighted by molar-refractivity contribution is 0.770. The van der Waals surface area contributed by atoms with Crippen LogP contribution in [-0.4, -0.2) is 14.5 Å². The van der Waals surface area contributed by atoms with Gasteiger partial charge < -0.3 is 0 Å². The molecule has 4 rings (SSSR count). The number of nitrogen functional groups attached to an aromatic ring is 1. The predicted molar refractivity (Wildman–Crippen MR) is 99.8 cm³/mol. The molecule has 1 aromatic carbocycles. The van der Waals surface area contributed by atoms with Crippen LogP contribution in [0.3, 0.4) is 0 Å². The van der Waals surface area contributed by atoms with Gasteiger partial charge in [0.05, 0.1) is 10.7 Å². The average Bonchev–Trinajstić information content (AvgIpc) is 3.28. The van der Waals surface area contributed by atoms with Crippen molar-refractivity contribution >= 4 is 17.5 Å². The van der Waals surface area contributed by atoms with Crippen LogP contribution in [0.4, 0.5) is 5.95 Å². The summed E-state index contributed by atoms with van der Waals surface area (Å²) >= 11 is 6.08. The first-order valence-corrected chi connectivity index (χ1v) is 8.29. The highest BCUT2D eigenvalue weighted by molar-refractivity contribution is 6.32. The van der Waals surface area contributed by atoms with Gasteiger partial charge in [-0.15, -0.1) is 0 Å². The van der Waals surface area contributed by atoms with E-state index in [0.29, 0.717) is 23.0 Å². The normalized spacial score (nSPS) is 13.9. The molecule has 0 radical (unpaired) electrons. The van der Waals surface area contributed by atoms with Gasteiger partial charge in [0.2, 0.25) is 5.95 Å². The van der Waals surface area contributed by atoms with E-state index in [2.05, 4.69) is 39.7 Å². The molecule has 1 aromatic heterocycles. The van der Waals surface area contributed by atoms with Crippen LogP contribution in [0.25, 0.3) is 5.69 Å². The number of hydrogen-bond donors (Lipinski definition) is 2. The Morgan fingerprint density at radius 2 is 1.88 bits per heavy atom. The number of aryl methyl sites for hydroxylation is 1. The third-order valence-corrected chi connectivity index (χ3v) is 4.18. The maximum Gasteiger partial charge on any atom is 0.356 e. The van der Waals surface area contributed by atoms with Crippen molar-refractivity contribution in [2.24, 2.45) is 5.84 Å². The molecule has 3 N–H and O–H groups in total. The second-order valence-electron chi connectivity index (χ2n) is 5.52. The lowest BCUT2D eigenvalue weighted by Crippen LogP contribution is -2.28. The highest BCUT2D eigenvalue weighted by Gasteiger charge is 2.12. The van der Waals surface area contributed by atoms with Gasteiger partial charge in [-0.3, -0.25) is 5.43 Å². The van der Waals surface area contributed by atoms with Crippen molar-refractivity contribution in [3.8, 4) is 5.69 Å². The van der Waals surface area contributed by atoms with Crippen molar-refractivity contribution in [1.29, 1.82) is 0 Å². The molecule has 2 bridgehead atoms. The number of aromatic nitrogens is 3. The molecule has 0 amide bonds. The van der Waals surface area contributed by atoms with E-state index in [-0.39, 0.29) is 5.95 Å². The summed E-state index contributed by atoms with van der Waals surface area (Å²) < 4.78 is 1.38. The third kappa shape index (κ3) is 3.70. The molecule has 0 spiro atoms. The molecular weight excluding hydrogens is 338 g/mol. The van der Waals surface area contributed by atoms with Crippen LogP contribution in [0.5, 0.6) is 0 Å². The summed E-state index contributed by atoms with van der Waals surface area (Å²) in [6, 6.07) is 7.03. The Morgan fingerprint density at radius 3 is 2.36 bits per heavy atom. The summed E-state index contributed by atoms with van der Waals surface area (Å²) in [6.07, 6.45) is 10.5. The van der Waals surface area contributed by atoms with E-state index < -0.39 is 5.69 Å². The Balaban J connectivity index is 0.000000213. The molecule has 128 valence electrons. The number of halogens is 1. The zero-order valence-electron chi connectivity index (χ0n) is 13.7. The molecule has 25 heavy (non-hydrogen) atoms. The number of nitrogens with two attached hydrogens (primary N) is 1. The van der Waals surface area contributed by atoms with Gasteiger partial charge in [-0.05, 0) is 29.7 Å². The van der Waals surface area contributed by atoms with Gasteiger partial charge in [-0.1, -0.05) is 55.0 Å². The van der Waals surface area contributed by atoms with Crippen LogP contribution >= 0.6 is 11.6 Å². The minimum Gasteiger partial charge on any atom is -0.292 e. The standard InChI is InChI=1S/C11H12ClN5O.C7H6/c1-2-9-14-10(16-13)15-11(18)17(9)8-6-4-3-5-7(8)12;1-2-7-4-3-6(1)5-7/h3-6H,2,13H2,1H3,(H,15,16,18);1-4H,5H2. The van der Waals surface area contributed by atoms with Crippen LogP contribution in [0.2, 0.25) is 5.02 Å². The van der Waals surface area contributed by atoms with E-state index in [9.17, 15) is 4.79 Å². The van der Waals surface area contributed by atoms with Crippen LogP contribution in [0, 0.1) is 0 Å². The fourth-order valence-electron chi connectivity index (χ4n) is 2.64. The molecular formula is C18H18ClN5O. The Hall–Kier alpha value is -2.70. The zero-order valence-corrected chi connectivity index (χ0v) is 14.5. The van der Waals surface area contributed by atoms with Gasteiger partial charge >= 0.3 is 5.69 Å². The first kappa shape index (κ1) is 17.1. The van der Waals surface area contributed by atoms with Gasteiger partial charge in [0.25, 0.3) is 0 Å². The summed E-state index contributed by atoms with van der Waals surface area (Å²) in [5.41, 5.74) is 5.29. The SMILES string of the molecule is C1=CC2=CC=C1C2.CCc1nc(NN)nc(=O)n1-c1ccccc1Cl. The Kier molecular flexibility index (Phi) is 5.11. The van der Waals surface area contributed by atoms with Crippen molar-refractivity contribution < 1.29 is 0 Å². The van der Waals surface area contributed by atoms with Crippen molar-refractivity contribution in [3.63, 3.8) is 0 Å². The number of hydrogen-bond acceptors (Lipinski definition) is 5. The van der Waals surface area contributed by atoms with E-state index in [4.69, 9.17) is 17.4 Å². The molecule has 0 aliphatic heterocycles. The molecule has 2 aliphatic rings. The third-order valence-electron chi connectivity index (χ3n) is 3.86. The molecule has 6 nitrogen and oxygen atoms in total. The molecule has 7 heteroatoms. The smallest absolute Gasteiger partial charge is 0.292 e. The van der Waals surface area contributed by atoms with E-state index in [1.54, 1.807) is 24.3 Å². The summed E-state index contributed by atoms with van der Waals surface area (Å²) in [5.74, 6) is 5.85. The summed E-state index contributed by atoms with van der Waals surface area (Å²) in [5, 5.41) is 0.464. The van der Waals surface area contributed by atoms with E-state index >= 15 is 0 Å². The number of hydrazine groups is 1. The number of benzene rings is 1. The second-order valence-corrected chi connectivity index (χ2v) is 5.93. The molecule has 0 saturated carbocycles. The Labute approximate surface area is 150 Å². The second kappa shape index (κ2) is 7.46. The molecule has 2 aliphatic carbocycles. The molecule has 0 unspecified atom stereocenters. The molecule has 1 heterocycles. The number of allylic oxidation sites excluding steroid dienone is 6. The first-order chi connectivity index (χ1) is 12.1. The molecule has 0 fully saturated rings. The molecule has 2 aromatic rings. The van der Waals surface area contributed by atoms with Crippen LogP contribution < -0.4 is 17.0 Å². The fraction of sp³-hybridized carbons (Fsp3) is 0.167.